The van der Waals surface area contributed by atoms with Crippen LogP contribution in [0.5, 0.6) is 0 Å². The normalized spacial score (nSPS) is 11.3. The van der Waals surface area contributed by atoms with Crippen molar-refractivity contribution in [2.45, 2.75) is 40.3 Å². The topological polar surface area (TPSA) is 29.9 Å². The average molecular weight is 289 g/mol. The minimum atomic E-state index is -0.200. The highest BCUT2D eigenvalue weighted by Gasteiger charge is 2.09. The van der Waals surface area contributed by atoms with Gasteiger partial charge in [-0.1, -0.05) is 32.9 Å². The molecule has 0 unspecified atom stereocenters. The Kier molecular flexibility index (Phi) is 5.51. The molecular formula is C17H24FN3. The Morgan fingerprint density at radius 2 is 1.95 bits per heavy atom. The number of halogens is 1. The van der Waals surface area contributed by atoms with Crippen LogP contribution in [0.1, 0.15) is 37.6 Å². The molecule has 0 fully saturated rings. The summed E-state index contributed by atoms with van der Waals surface area (Å²) in [6.07, 6.45) is 2.88. The zero-order valence-electron chi connectivity index (χ0n) is 13.1. The lowest BCUT2D eigenvalue weighted by Crippen LogP contribution is -2.19. The molecule has 0 atom stereocenters. The third kappa shape index (κ3) is 4.39. The summed E-state index contributed by atoms with van der Waals surface area (Å²) in [4.78, 5) is 0. The molecule has 4 heteroatoms. The Bertz CT molecular complexity index is 558. The molecule has 21 heavy (non-hydrogen) atoms. The molecule has 0 aliphatic heterocycles. The molecular weight excluding hydrogens is 265 g/mol. The summed E-state index contributed by atoms with van der Waals surface area (Å²) >= 11 is 0. The first kappa shape index (κ1) is 15.7. The fourth-order valence-electron chi connectivity index (χ4n) is 2.40. The molecule has 0 amide bonds. The second-order valence-electron chi connectivity index (χ2n) is 5.78. The van der Waals surface area contributed by atoms with E-state index in [0.717, 1.165) is 25.1 Å². The highest BCUT2D eigenvalue weighted by molar-refractivity contribution is 5.21. The molecule has 114 valence electrons. The Morgan fingerprint density at radius 3 is 2.57 bits per heavy atom. The molecule has 1 aromatic heterocycles. The molecule has 2 rings (SSSR count). The largest absolute Gasteiger partial charge is 0.312 e. The van der Waals surface area contributed by atoms with Crippen LogP contribution in [0.25, 0.3) is 0 Å². The summed E-state index contributed by atoms with van der Waals surface area (Å²) in [5.74, 6) is 0.442. The minimum Gasteiger partial charge on any atom is -0.312 e. The maximum atomic E-state index is 12.9. The summed E-state index contributed by atoms with van der Waals surface area (Å²) in [5, 5.41) is 7.94. The first-order valence-corrected chi connectivity index (χ1v) is 7.58. The lowest BCUT2D eigenvalue weighted by Gasteiger charge is -2.10. The fourth-order valence-corrected chi connectivity index (χ4v) is 2.40. The van der Waals surface area contributed by atoms with Crippen LogP contribution >= 0.6 is 0 Å². The third-order valence-electron chi connectivity index (χ3n) is 3.48. The molecule has 1 N–H and O–H groups in total. The number of aromatic nitrogens is 2. The lowest BCUT2D eigenvalue weighted by molar-refractivity contribution is 0.549. The van der Waals surface area contributed by atoms with Gasteiger partial charge in [-0.15, -0.1) is 0 Å². The summed E-state index contributed by atoms with van der Waals surface area (Å²) in [6.45, 7) is 9.09. The van der Waals surface area contributed by atoms with Crippen LogP contribution < -0.4 is 5.32 Å². The summed E-state index contributed by atoms with van der Waals surface area (Å²) in [5.41, 5.74) is 3.56. The van der Waals surface area contributed by atoms with E-state index in [4.69, 9.17) is 0 Å². The summed E-state index contributed by atoms with van der Waals surface area (Å²) in [7, 11) is 0. The maximum Gasteiger partial charge on any atom is 0.123 e. The van der Waals surface area contributed by atoms with Gasteiger partial charge in [-0.05, 0) is 36.6 Å². The molecule has 1 heterocycles. The van der Waals surface area contributed by atoms with Gasteiger partial charge in [0.1, 0.15) is 5.82 Å². The van der Waals surface area contributed by atoms with Gasteiger partial charge in [-0.25, -0.2) is 4.39 Å². The van der Waals surface area contributed by atoms with E-state index in [9.17, 15) is 4.39 Å². The average Bonchev–Trinajstić information content (AvgIpc) is 2.83. The minimum absolute atomic E-state index is 0.200. The zero-order valence-corrected chi connectivity index (χ0v) is 13.1. The van der Waals surface area contributed by atoms with Crippen molar-refractivity contribution in [2.24, 2.45) is 5.92 Å². The van der Waals surface area contributed by atoms with Gasteiger partial charge in [0.15, 0.2) is 0 Å². The van der Waals surface area contributed by atoms with Crippen molar-refractivity contribution in [3.05, 3.63) is 53.1 Å². The highest BCUT2D eigenvalue weighted by atomic mass is 19.1. The van der Waals surface area contributed by atoms with Crippen molar-refractivity contribution in [1.82, 2.24) is 15.1 Å². The van der Waals surface area contributed by atoms with Crippen molar-refractivity contribution >= 4 is 0 Å². The second-order valence-corrected chi connectivity index (χ2v) is 5.78. The first-order valence-electron chi connectivity index (χ1n) is 7.58. The molecule has 0 aliphatic rings. The zero-order chi connectivity index (χ0) is 15.2. The number of benzene rings is 1. The molecule has 1 aromatic carbocycles. The van der Waals surface area contributed by atoms with Gasteiger partial charge in [0.05, 0.1) is 12.7 Å². The maximum absolute atomic E-state index is 12.9. The van der Waals surface area contributed by atoms with E-state index in [1.807, 2.05) is 23.0 Å². The molecule has 0 radical (unpaired) electrons. The van der Waals surface area contributed by atoms with E-state index in [2.05, 4.69) is 31.2 Å². The van der Waals surface area contributed by atoms with Crippen LogP contribution in [-0.2, 0) is 19.5 Å². The van der Waals surface area contributed by atoms with Crippen molar-refractivity contribution in [3.8, 4) is 0 Å². The smallest absolute Gasteiger partial charge is 0.123 e. The van der Waals surface area contributed by atoms with Gasteiger partial charge >= 0.3 is 0 Å². The Labute approximate surface area is 126 Å². The van der Waals surface area contributed by atoms with Gasteiger partial charge in [0.25, 0.3) is 0 Å². The van der Waals surface area contributed by atoms with Gasteiger partial charge in [-0.2, -0.15) is 5.10 Å². The van der Waals surface area contributed by atoms with Crippen LogP contribution in [0.3, 0.4) is 0 Å². The summed E-state index contributed by atoms with van der Waals surface area (Å²) in [6, 6.07) is 6.62. The predicted molar refractivity (Wildman–Crippen MR) is 83.7 cm³/mol. The standard InChI is InChI=1S/C17H24FN3/c1-4-17-15(10-19-9-13(2)3)11-20-21(17)12-14-5-7-16(18)8-6-14/h5-8,11,13,19H,4,9-10,12H2,1-3H3. The van der Waals surface area contributed by atoms with Crippen LogP contribution in [0.15, 0.2) is 30.5 Å². The highest BCUT2D eigenvalue weighted by Crippen LogP contribution is 2.13. The van der Waals surface area contributed by atoms with E-state index in [0.29, 0.717) is 12.5 Å². The van der Waals surface area contributed by atoms with E-state index in [1.165, 1.54) is 23.4 Å². The van der Waals surface area contributed by atoms with E-state index >= 15 is 0 Å². The SMILES string of the molecule is CCc1c(CNCC(C)C)cnn1Cc1ccc(F)cc1. The van der Waals surface area contributed by atoms with Crippen LogP contribution in [0.4, 0.5) is 4.39 Å². The van der Waals surface area contributed by atoms with E-state index in [1.54, 1.807) is 0 Å². The molecule has 0 saturated heterocycles. The molecule has 0 bridgehead atoms. The quantitative estimate of drug-likeness (QED) is 0.847. The van der Waals surface area contributed by atoms with Gasteiger partial charge in [-0.3, -0.25) is 4.68 Å². The van der Waals surface area contributed by atoms with Crippen molar-refractivity contribution in [2.75, 3.05) is 6.54 Å². The van der Waals surface area contributed by atoms with Gasteiger partial charge < -0.3 is 5.32 Å². The molecule has 0 spiro atoms. The molecule has 2 aromatic rings. The Hall–Kier alpha value is -1.68. The number of rotatable bonds is 7. The van der Waals surface area contributed by atoms with Gasteiger partial charge in [0.2, 0.25) is 0 Å². The van der Waals surface area contributed by atoms with Crippen molar-refractivity contribution < 1.29 is 4.39 Å². The van der Waals surface area contributed by atoms with Crippen molar-refractivity contribution in [3.63, 3.8) is 0 Å². The number of nitrogens with one attached hydrogen (secondary N) is 1. The van der Waals surface area contributed by atoms with Gasteiger partial charge in [0, 0.05) is 17.8 Å². The molecule has 3 nitrogen and oxygen atoms in total. The van der Waals surface area contributed by atoms with Crippen LogP contribution in [-0.4, -0.2) is 16.3 Å². The van der Waals surface area contributed by atoms with E-state index < -0.39 is 0 Å². The Morgan fingerprint density at radius 1 is 1.24 bits per heavy atom. The second kappa shape index (κ2) is 7.36. The third-order valence-corrected chi connectivity index (χ3v) is 3.48. The van der Waals surface area contributed by atoms with Crippen LogP contribution in [0, 0.1) is 11.7 Å². The van der Waals surface area contributed by atoms with Crippen LogP contribution in [0.2, 0.25) is 0 Å². The first-order chi connectivity index (χ1) is 10.1. The predicted octanol–water partition coefficient (Wildman–Crippen LogP) is 3.38. The number of hydrogen-bond donors (Lipinski definition) is 1. The Balaban J connectivity index is 2.06. The lowest BCUT2D eigenvalue weighted by atomic mass is 10.1. The number of hydrogen-bond acceptors (Lipinski definition) is 2. The monoisotopic (exact) mass is 289 g/mol. The summed E-state index contributed by atoms with van der Waals surface area (Å²) < 4.78 is 15.0. The van der Waals surface area contributed by atoms with Crippen molar-refractivity contribution in [1.29, 1.82) is 0 Å². The van der Waals surface area contributed by atoms with E-state index in [-0.39, 0.29) is 5.82 Å². The number of nitrogens with zero attached hydrogens (tertiary/aromatic N) is 2. The molecule has 0 saturated carbocycles. The molecule has 0 aliphatic carbocycles. The fraction of sp³-hybridized carbons (Fsp3) is 0.471.